The Labute approximate surface area is 134 Å². The normalized spacial score (nSPS) is 18.6. The van der Waals surface area contributed by atoms with Crippen molar-refractivity contribution in [3.8, 4) is 5.75 Å². The fourth-order valence-electron chi connectivity index (χ4n) is 2.83. The highest BCUT2D eigenvalue weighted by atomic mass is 79.9. The number of benzene rings is 1. The van der Waals surface area contributed by atoms with Crippen LogP contribution in [0.5, 0.6) is 5.75 Å². The second-order valence-corrected chi connectivity index (χ2v) is 6.83. The third-order valence-electron chi connectivity index (χ3n) is 4.12. The number of nitrogens with one attached hydrogen (secondary N) is 1. The van der Waals surface area contributed by atoms with Gasteiger partial charge in [0.05, 0.1) is 0 Å². The van der Waals surface area contributed by atoms with Crippen molar-refractivity contribution in [2.75, 3.05) is 26.3 Å². The summed E-state index contributed by atoms with van der Waals surface area (Å²) in [6.45, 7) is 1.73. The van der Waals surface area contributed by atoms with E-state index in [9.17, 15) is 10.2 Å². The largest absolute Gasteiger partial charge is 0.491 e. The van der Waals surface area contributed by atoms with Crippen LogP contribution >= 0.6 is 15.9 Å². The van der Waals surface area contributed by atoms with Gasteiger partial charge in [0, 0.05) is 29.6 Å². The van der Waals surface area contributed by atoms with Gasteiger partial charge in [0.25, 0.3) is 0 Å². The quantitative estimate of drug-likeness (QED) is 0.668. The van der Waals surface area contributed by atoms with Crippen LogP contribution in [-0.4, -0.2) is 42.6 Å². The zero-order chi connectivity index (χ0) is 15.1. The van der Waals surface area contributed by atoms with E-state index in [0.29, 0.717) is 6.54 Å². The minimum absolute atomic E-state index is 0.0187. The summed E-state index contributed by atoms with van der Waals surface area (Å²) in [5, 5.41) is 22.7. The fraction of sp³-hybridized carbons (Fsp3) is 0.625. The molecule has 1 saturated carbocycles. The van der Waals surface area contributed by atoms with E-state index < -0.39 is 6.10 Å². The molecule has 1 aromatic rings. The van der Waals surface area contributed by atoms with Gasteiger partial charge in [0.1, 0.15) is 18.5 Å². The molecule has 0 bridgehead atoms. The van der Waals surface area contributed by atoms with Crippen molar-refractivity contribution < 1.29 is 14.9 Å². The summed E-state index contributed by atoms with van der Waals surface area (Å²) in [5.41, 5.74) is 0.0187. The topological polar surface area (TPSA) is 61.7 Å². The van der Waals surface area contributed by atoms with Crippen LogP contribution in [0.3, 0.4) is 0 Å². The highest BCUT2D eigenvalue weighted by Crippen LogP contribution is 2.36. The molecule has 0 saturated heterocycles. The molecule has 1 aromatic carbocycles. The molecule has 1 aliphatic rings. The second-order valence-electron chi connectivity index (χ2n) is 5.92. The first kappa shape index (κ1) is 16.7. The second kappa shape index (κ2) is 8.13. The van der Waals surface area contributed by atoms with Gasteiger partial charge in [-0.25, -0.2) is 0 Å². The lowest BCUT2D eigenvalue weighted by atomic mass is 9.87. The van der Waals surface area contributed by atoms with Gasteiger partial charge in [0.2, 0.25) is 0 Å². The van der Waals surface area contributed by atoms with E-state index in [4.69, 9.17) is 4.74 Å². The summed E-state index contributed by atoms with van der Waals surface area (Å²) in [6.07, 6.45) is 3.97. The van der Waals surface area contributed by atoms with Crippen LogP contribution in [0.25, 0.3) is 0 Å². The molecule has 3 N–H and O–H groups in total. The number of rotatable bonds is 8. The van der Waals surface area contributed by atoms with E-state index in [1.54, 1.807) is 0 Å². The monoisotopic (exact) mass is 357 g/mol. The Morgan fingerprint density at radius 1 is 1.33 bits per heavy atom. The summed E-state index contributed by atoms with van der Waals surface area (Å²) >= 11 is 3.38. The van der Waals surface area contributed by atoms with Crippen LogP contribution in [0.1, 0.15) is 25.7 Å². The Balaban J connectivity index is 1.66. The predicted molar refractivity (Wildman–Crippen MR) is 86.5 cm³/mol. The van der Waals surface area contributed by atoms with Gasteiger partial charge in [-0.05, 0) is 31.0 Å². The summed E-state index contributed by atoms with van der Waals surface area (Å²) in [5.74, 6) is 0.742. The van der Waals surface area contributed by atoms with Crippen LogP contribution in [0.4, 0.5) is 0 Å². The maximum Gasteiger partial charge on any atom is 0.120 e. The zero-order valence-corrected chi connectivity index (χ0v) is 13.8. The Bertz CT molecular complexity index is 435. The molecule has 21 heavy (non-hydrogen) atoms. The molecule has 4 nitrogen and oxygen atoms in total. The van der Waals surface area contributed by atoms with Crippen LogP contribution in [0.15, 0.2) is 28.7 Å². The highest BCUT2D eigenvalue weighted by molar-refractivity contribution is 9.10. The number of ether oxygens (including phenoxy) is 1. The van der Waals surface area contributed by atoms with Crippen molar-refractivity contribution in [2.45, 2.75) is 31.8 Å². The molecule has 1 fully saturated rings. The Morgan fingerprint density at radius 2 is 2.10 bits per heavy atom. The van der Waals surface area contributed by atoms with Gasteiger partial charge < -0.3 is 20.3 Å². The number of aliphatic hydroxyl groups is 2. The first-order chi connectivity index (χ1) is 10.1. The third kappa shape index (κ3) is 5.25. The van der Waals surface area contributed by atoms with Gasteiger partial charge in [-0.15, -0.1) is 0 Å². The van der Waals surface area contributed by atoms with Gasteiger partial charge in [-0.2, -0.15) is 0 Å². The predicted octanol–water partition coefficient (Wildman–Crippen LogP) is 2.33. The summed E-state index contributed by atoms with van der Waals surface area (Å²) < 4.78 is 6.51. The Hall–Kier alpha value is -0.620. The van der Waals surface area contributed by atoms with Crippen molar-refractivity contribution in [3.05, 3.63) is 28.7 Å². The van der Waals surface area contributed by atoms with E-state index in [0.717, 1.165) is 29.6 Å². The summed E-state index contributed by atoms with van der Waals surface area (Å²) in [6, 6.07) is 7.57. The molecule has 118 valence electrons. The van der Waals surface area contributed by atoms with E-state index in [2.05, 4.69) is 21.2 Å². The van der Waals surface area contributed by atoms with E-state index in [1.165, 1.54) is 12.8 Å². The molecule has 0 heterocycles. The van der Waals surface area contributed by atoms with Crippen molar-refractivity contribution >= 4 is 15.9 Å². The van der Waals surface area contributed by atoms with E-state index in [-0.39, 0.29) is 18.6 Å². The molecular formula is C16H24BrNO3. The molecule has 0 amide bonds. The number of aliphatic hydroxyl groups excluding tert-OH is 2. The van der Waals surface area contributed by atoms with Gasteiger partial charge in [-0.3, -0.25) is 0 Å². The van der Waals surface area contributed by atoms with Crippen molar-refractivity contribution in [1.82, 2.24) is 5.32 Å². The van der Waals surface area contributed by atoms with Gasteiger partial charge in [-0.1, -0.05) is 34.8 Å². The first-order valence-corrected chi connectivity index (χ1v) is 8.31. The van der Waals surface area contributed by atoms with E-state index in [1.807, 2.05) is 24.3 Å². The van der Waals surface area contributed by atoms with E-state index >= 15 is 0 Å². The molecular weight excluding hydrogens is 334 g/mol. The van der Waals surface area contributed by atoms with Gasteiger partial charge >= 0.3 is 0 Å². The van der Waals surface area contributed by atoms with Crippen LogP contribution < -0.4 is 10.1 Å². The molecule has 0 radical (unpaired) electrons. The number of hydrogen-bond donors (Lipinski definition) is 3. The third-order valence-corrected chi connectivity index (χ3v) is 4.61. The summed E-state index contributed by atoms with van der Waals surface area (Å²) in [7, 11) is 0. The number of hydrogen-bond acceptors (Lipinski definition) is 4. The average molecular weight is 358 g/mol. The standard InChI is InChI=1S/C16H24BrNO3/c17-13-4-3-5-15(8-13)21-10-14(20)9-18-11-16(12-19)6-1-2-7-16/h3-5,8,14,18-20H,1-2,6-7,9-12H2. The lowest BCUT2D eigenvalue weighted by Gasteiger charge is -2.27. The maximum atomic E-state index is 9.95. The molecule has 0 spiro atoms. The summed E-state index contributed by atoms with van der Waals surface area (Å²) in [4.78, 5) is 0. The average Bonchev–Trinajstić information content (AvgIpc) is 2.95. The smallest absolute Gasteiger partial charge is 0.120 e. The SMILES string of the molecule is OCC1(CNCC(O)COc2cccc(Br)c2)CCCC1. The highest BCUT2D eigenvalue weighted by Gasteiger charge is 2.32. The minimum atomic E-state index is -0.555. The molecule has 1 unspecified atom stereocenters. The molecule has 2 rings (SSSR count). The molecule has 0 aromatic heterocycles. The molecule has 1 atom stereocenters. The van der Waals surface area contributed by atoms with Crippen molar-refractivity contribution in [1.29, 1.82) is 0 Å². The fourth-order valence-corrected chi connectivity index (χ4v) is 3.21. The Kier molecular flexibility index (Phi) is 6.48. The molecule has 5 heteroatoms. The number of halogens is 1. The van der Waals surface area contributed by atoms with Crippen molar-refractivity contribution in [2.24, 2.45) is 5.41 Å². The molecule has 0 aliphatic heterocycles. The van der Waals surface area contributed by atoms with Gasteiger partial charge in [0.15, 0.2) is 0 Å². The lowest BCUT2D eigenvalue weighted by Crippen LogP contribution is -2.40. The maximum absolute atomic E-state index is 9.95. The van der Waals surface area contributed by atoms with Crippen molar-refractivity contribution in [3.63, 3.8) is 0 Å². The zero-order valence-electron chi connectivity index (χ0n) is 12.2. The lowest BCUT2D eigenvalue weighted by molar-refractivity contribution is 0.0917. The van der Waals surface area contributed by atoms with Crippen LogP contribution in [-0.2, 0) is 0 Å². The Morgan fingerprint density at radius 3 is 2.76 bits per heavy atom. The minimum Gasteiger partial charge on any atom is -0.491 e. The van der Waals surface area contributed by atoms with Crippen LogP contribution in [0, 0.1) is 5.41 Å². The first-order valence-electron chi connectivity index (χ1n) is 7.52. The van der Waals surface area contributed by atoms with Crippen LogP contribution in [0.2, 0.25) is 0 Å². The molecule has 1 aliphatic carbocycles.